The van der Waals surface area contributed by atoms with Crippen LogP contribution in [0.25, 0.3) is 0 Å². The first-order valence-electron chi connectivity index (χ1n) is 6.26. The van der Waals surface area contributed by atoms with E-state index >= 15 is 0 Å². The van der Waals surface area contributed by atoms with Crippen LogP contribution in [0.4, 0.5) is 15.8 Å². The zero-order chi connectivity index (χ0) is 14.4. The fraction of sp³-hybridized carbons (Fsp3) is 0.500. The van der Waals surface area contributed by atoms with Crippen LogP contribution in [0.15, 0.2) is 12.1 Å². The van der Waals surface area contributed by atoms with Crippen LogP contribution in [0.2, 0.25) is 5.02 Å². The summed E-state index contributed by atoms with van der Waals surface area (Å²) >= 11 is 5.68. The maximum absolute atomic E-state index is 13.3. The van der Waals surface area contributed by atoms with Gasteiger partial charge in [0, 0.05) is 18.6 Å². The smallest absolute Gasteiger partial charge is 0.295 e. The number of nitrogens with zero attached hydrogens (tertiary/aromatic N) is 1. The topological polar surface area (TPSA) is 90.4 Å². The molecule has 2 fully saturated rings. The first kappa shape index (κ1) is 13.5. The molecule has 0 radical (unpaired) electrons. The van der Waals surface area contributed by atoms with Gasteiger partial charge in [0.1, 0.15) is 11.5 Å². The van der Waals surface area contributed by atoms with Crippen molar-refractivity contribution in [3.8, 4) is 0 Å². The third-order valence-corrected chi connectivity index (χ3v) is 4.29. The Balaban J connectivity index is 1.87. The number of nitro groups is 1. The Morgan fingerprint density at radius 3 is 3.00 bits per heavy atom. The van der Waals surface area contributed by atoms with Crippen molar-refractivity contribution in [3.05, 3.63) is 33.1 Å². The van der Waals surface area contributed by atoms with Crippen LogP contribution < -0.4 is 11.1 Å². The van der Waals surface area contributed by atoms with Gasteiger partial charge < -0.3 is 15.8 Å². The molecule has 3 N–H and O–H groups in total. The predicted molar refractivity (Wildman–Crippen MR) is 71.3 cm³/mol. The second kappa shape index (κ2) is 4.83. The molecule has 1 aromatic carbocycles. The zero-order valence-corrected chi connectivity index (χ0v) is 11.1. The summed E-state index contributed by atoms with van der Waals surface area (Å²) in [4.78, 5) is 10.3. The molecule has 1 saturated carbocycles. The first-order valence-corrected chi connectivity index (χ1v) is 6.64. The van der Waals surface area contributed by atoms with Gasteiger partial charge in [0.2, 0.25) is 0 Å². The van der Waals surface area contributed by atoms with Crippen molar-refractivity contribution in [2.75, 3.05) is 11.9 Å². The Morgan fingerprint density at radius 1 is 1.55 bits per heavy atom. The Labute approximate surface area is 119 Å². The number of anilines is 1. The van der Waals surface area contributed by atoms with Gasteiger partial charge in [-0.15, -0.1) is 0 Å². The third kappa shape index (κ3) is 2.02. The molecule has 1 heterocycles. The van der Waals surface area contributed by atoms with Crippen molar-refractivity contribution in [2.24, 2.45) is 11.7 Å². The van der Waals surface area contributed by atoms with Crippen LogP contribution in [0.3, 0.4) is 0 Å². The van der Waals surface area contributed by atoms with Gasteiger partial charge in [0.25, 0.3) is 5.69 Å². The van der Waals surface area contributed by atoms with Gasteiger partial charge in [-0.2, -0.15) is 0 Å². The average Bonchev–Trinajstić information content (AvgIpc) is 2.83. The van der Waals surface area contributed by atoms with Crippen LogP contribution in [0.1, 0.15) is 6.42 Å². The number of halogens is 2. The van der Waals surface area contributed by atoms with Gasteiger partial charge >= 0.3 is 0 Å². The number of hydrogen-bond donors (Lipinski definition) is 2. The van der Waals surface area contributed by atoms with E-state index in [1.807, 2.05) is 0 Å². The molecule has 1 saturated heterocycles. The summed E-state index contributed by atoms with van der Waals surface area (Å²) in [6.07, 6.45) is 0.851. The van der Waals surface area contributed by atoms with E-state index in [2.05, 4.69) is 5.32 Å². The fourth-order valence-electron chi connectivity index (χ4n) is 2.91. The van der Waals surface area contributed by atoms with Crippen molar-refractivity contribution in [2.45, 2.75) is 24.6 Å². The molecule has 108 valence electrons. The minimum Gasteiger partial charge on any atom is -0.376 e. The van der Waals surface area contributed by atoms with Crippen LogP contribution in [-0.4, -0.2) is 29.7 Å². The van der Waals surface area contributed by atoms with E-state index in [0.29, 0.717) is 6.61 Å². The molecule has 0 bridgehead atoms. The van der Waals surface area contributed by atoms with E-state index in [-0.39, 0.29) is 40.5 Å². The summed E-state index contributed by atoms with van der Waals surface area (Å²) in [6, 6.07) is 1.67. The molecular formula is C12H13ClFN3O3. The van der Waals surface area contributed by atoms with Crippen molar-refractivity contribution < 1.29 is 14.1 Å². The van der Waals surface area contributed by atoms with Gasteiger partial charge in [-0.05, 0) is 12.5 Å². The quantitative estimate of drug-likeness (QED) is 0.657. The van der Waals surface area contributed by atoms with Gasteiger partial charge in [-0.3, -0.25) is 10.1 Å². The molecule has 3 rings (SSSR count). The number of hydrogen-bond acceptors (Lipinski definition) is 5. The summed E-state index contributed by atoms with van der Waals surface area (Å²) in [6.45, 7) is 0.646. The van der Waals surface area contributed by atoms with Crippen molar-refractivity contribution in [1.29, 1.82) is 0 Å². The molecule has 4 atom stereocenters. The van der Waals surface area contributed by atoms with E-state index in [1.165, 1.54) is 6.07 Å². The van der Waals surface area contributed by atoms with E-state index in [4.69, 9.17) is 22.1 Å². The molecule has 1 aromatic rings. The molecule has 0 aromatic heterocycles. The molecule has 0 amide bonds. The highest BCUT2D eigenvalue weighted by atomic mass is 35.5. The lowest BCUT2D eigenvalue weighted by Crippen LogP contribution is -2.65. The molecule has 1 aliphatic carbocycles. The molecular weight excluding hydrogens is 289 g/mol. The largest absolute Gasteiger partial charge is 0.376 e. The number of rotatable bonds is 3. The number of nitrogens with one attached hydrogen (secondary N) is 1. The zero-order valence-electron chi connectivity index (χ0n) is 10.4. The first-order chi connectivity index (χ1) is 9.49. The van der Waals surface area contributed by atoms with E-state index < -0.39 is 10.7 Å². The summed E-state index contributed by atoms with van der Waals surface area (Å²) in [5.74, 6) is -0.542. The lowest BCUT2D eigenvalue weighted by molar-refractivity contribution is -0.384. The maximum atomic E-state index is 13.3. The molecule has 4 unspecified atom stereocenters. The normalized spacial score (nSPS) is 31.6. The van der Waals surface area contributed by atoms with E-state index in [0.717, 1.165) is 12.5 Å². The van der Waals surface area contributed by atoms with Crippen LogP contribution in [0.5, 0.6) is 0 Å². The number of fused-ring (bicyclic) bond motifs is 1. The second-order valence-electron chi connectivity index (χ2n) is 5.08. The lowest BCUT2D eigenvalue weighted by Gasteiger charge is -2.46. The standard InChI is InChI=1S/C12H13ClFN3O3/c13-6-3-8(9(17(18)19)4-7(6)14)16-11-10(15)5-1-2-20-12(5)11/h3-5,10-12,16H,1-2,15H2. The summed E-state index contributed by atoms with van der Waals surface area (Å²) in [5.41, 5.74) is 5.83. The Bertz CT molecular complexity index is 571. The highest BCUT2D eigenvalue weighted by molar-refractivity contribution is 6.31. The van der Waals surface area contributed by atoms with Gasteiger partial charge in [-0.1, -0.05) is 11.6 Å². The highest BCUT2D eigenvalue weighted by Gasteiger charge is 2.52. The lowest BCUT2D eigenvalue weighted by atomic mass is 9.72. The molecule has 2 aliphatic rings. The van der Waals surface area contributed by atoms with Gasteiger partial charge in [-0.25, -0.2) is 4.39 Å². The van der Waals surface area contributed by atoms with Crippen LogP contribution >= 0.6 is 11.6 Å². The number of nitro benzene ring substituents is 1. The summed E-state index contributed by atoms with van der Waals surface area (Å²) < 4.78 is 18.9. The minimum atomic E-state index is -0.822. The van der Waals surface area contributed by atoms with Crippen molar-refractivity contribution >= 4 is 23.0 Å². The Hall–Kier alpha value is -1.44. The third-order valence-electron chi connectivity index (χ3n) is 4.00. The average molecular weight is 302 g/mol. The molecule has 8 heteroatoms. The van der Waals surface area contributed by atoms with Gasteiger partial charge in [0.15, 0.2) is 0 Å². The van der Waals surface area contributed by atoms with Gasteiger partial charge in [0.05, 0.1) is 28.2 Å². The maximum Gasteiger partial charge on any atom is 0.295 e. The fourth-order valence-corrected chi connectivity index (χ4v) is 3.07. The van der Waals surface area contributed by atoms with Crippen LogP contribution in [-0.2, 0) is 4.74 Å². The minimum absolute atomic E-state index is 0.0477. The Kier molecular flexibility index (Phi) is 3.27. The second-order valence-corrected chi connectivity index (χ2v) is 5.48. The van der Waals surface area contributed by atoms with E-state index in [9.17, 15) is 14.5 Å². The van der Waals surface area contributed by atoms with Crippen molar-refractivity contribution in [3.63, 3.8) is 0 Å². The molecule has 0 spiro atoms. The highest BCUT2D eigenvalue weighted by Crippen LogP contribution is 2.41. The molecule has 20 heavy (non-hydrogen) atoms. The molecule has 6 nitrogen and oxygen atoms in total. The van der Waals surface area contributed by atoms with E-state index in [1.54, 1.807) is 0 Å². The summed E-state index contributed by atoms with van der Waals surface area (Å²) in [5, 5.41) is 13.8. The number of ether oxygens (including phenoxy) is 1. The van der Waals surface area contributed by atoms with Crippen molar-refractivity contribution in [1.82, 2.24) is 0 Å². The Morgan fingerprint density at radius 2 is 2.30 bits per heavy atom. The number of benzene rings is 1. The molecule has 1 aliphatic heterocycles. The monoisotopic (exact) mass is 301 g/mol. The summed E-state index contributed by atoms with van der Waals surface area (Å²) in [7, 11) is 0. The SMILES string of the molecule is NC1C2CCOC2C1Nc1cc(Cl)c(F)cc1[N+](=O)[O-]. The number of nitrogens with two attached hydrogens (primary N) is 1. The van der Waals surface area contributed by atoms with Crippen LogP contribution in [0, 0.1) is 21.8 Å². The predicted octanol–water partition coefficient (Wildman–Crippen LogP) is 1.91.